The van der Waals surface area contributed by atoms with Crippen LogP contribution < -0.4 is 4.74 Å². The van der Waals surface area contributed by atoms with Crippen molar-refractivity contribution in [1.82, 2.24) is 0 Å². The van der Waals surface area contributed by atoms with Crippen molar-refractivity contribution in [2.75, 3.05) is 0 Å². The van der Waals surface area contributed by atoms with Crippen LogP contribution in [0.1, 0.15) is 22.3 Å². The Kier molecular flexibility index (Phi) is 4.51. The topological polar surface area (TPSA) is 53.2 Å². The second-order valence-electron chi connectivity index (χ2n) is 4.59. The van der Waals surface area contributed by atoms with E-state index in [0.717, 1.165) is 23.3 Å². The van der Waals surface area contributed by atoms with Gasteiger partial charge in [-0.2, -0.15) is 5.26 Å². The second-order valence-corrected chi connectivity index (χ2v) is 4.59. The Bertz CT molecular complexity index is 685. The third-order valence-electron chi connectivity index (χ3n) is 3.08. The number of aliphatic hydroxyl groups is 1. The lowest BCUT2D eigenvalue weighted by Gasteiger charge is -2.11. The number of aryl methyl sites for hydroxylation is 1. The van der Waals surface area contributed by atoms with Crippen LogP contribution in [0.4, 0.5) is 8.78 Å². The lowest BCUT2D eigenvalue weighted by Crippen LogP contribution is -2.03. The molecule has 2 aromatic rings. The van der Waals surface area contributed by atoms with Crippen LogP contribution in [-0.2, 0) is 13.2 Å². The van der Waals surface area contributed by atoms with Crippen LogP contribution in [0.25, 0.3) is 0 Å². The fourth-order valence-electron chi connectivity index (χ4n) is 1.92. The Labute approximate surface area is 121 Å². The van der Waals surface area contributed by atoms with Crippen molar-refractivity contribution in [2.45, 2.75) is 20.1 Å². The van der Waals surface area contributed by atoms with Gasteiger partial charge in [-0.3, -0.25) is 0 Å². The summed E-state index contributed by atoms with van der Waals surface area (Å²) in [4.78, 5) is 0. The maximum absolute atomic E-state index is 13.7. The molecule has 0 unspecified atom stereocenters. The summed E-state index contributed by atoms with van der Waals surface area (Å²) in [5.41, 5.74) is 2.20. The first-order valence-corrected chi connectivity index (χ1v) is 6.26. The summed E-state index contributed by atoms with van der Waals surface area (Å²) < 4.78 is 32.6. The summed E-state index contributed by atoms with van der Waals surface area (Å²) in [6.45, 7) is 1.34. The fraction of sp³-hybridized carbons (Fsp3) is 0.188. The molecule has 0 atom stereocenters. The van der Waals surface area contributed by atoms with E-state index in [9.17, 15) is 8.78 Å². The second kappa shape index (κ2) is 6.33. The van der Waals surface area contributed by atoms with Crippen LogP contribution in [0.3, 0.4) is 0 Å². The molecule has 0 aromatic heterocycles. The average Bonchev–Trinajstić information content (AvgIpc) is 2.47. The molecule has 0 radical (unpaired) electrons. The number of nitriles is 1. The molecule has 0 heterocycles. The monoisotopic (exact) mass is 289 g/mol. The van der Waals surface area contributed by atoms with Gasteiger partial charge in [0, 0.05) is 0 Å². The summed E-state index contributed by atoms with van der Waals surface area (Å²) in [6.07, 6.45) is 0. The highest BCUT2D eigenvalue weighted by molar-refractivity contribution is 5.38. The van der Waals surface area contributed by atoms with Crippen LogP contribution in [-0.4, -0.2) is 5.11 Å². The van der Waals surface area contributed by atoms with Crippen LogP contribution in [0.5, 0.6) is 5.75 Å². The van der Waals surface area contributed by atoms with E-state index in [0.29, 0.717) is 5.56 Å². The van der Waals surface area contributed by atoms with Gasteiger partial charge in [0.1, 0.15) is 6.61 Å². The zero-order valence-electron chi connectivity index (χ0n) is 11.4. The van der Waals surface area contributed by atoms with Gasteiger partial charge in [-0.15, -0.1) is 0 Å². The Morgan fingerprint density at radius 2 is 1.86 bits per heavy atom. The van der Waals surface area contributed by atoms with E-state index in [4.69, 9.17) is 15.1 Å². The zero-order valence-corrected chi connectivity index (χ0v) is 11.4. The van der Waals surface area contributed by atoms with E-state index in [2.05, 4.69) is 0 Å². The number of aliphatic hydroxyl groups excluding tert-OH is 1. The minimum atomic E-state index is -0.856. The van der Waals surface area contributed by atoms with Gasteiger partial charge in [-0.05, 0) is 47.9 Å². The summed E-state index contributed by atoms with van der Waals surface area (Å²) in [5.74, 6) is -2.19. The van der Waals surface area contributed by atoms with Gasteiger partial charge < -0.3 is 9.84 Å². The van der Waals surface area contributed by atoms with Crippen molar-refractivity contribution >= 4 is 0 Å². The third kappa shape index (κ3) is 3.36. The Morgan fingerprint density at radius 1 is 1.19 bits per heavy atom. The molecule has 0 fully saturated rings. The van der Waals surface area contributed by atoms with Crippen LogP contribution in [0.2, 0.25) is 0 Å². The molecule has 0 amide bonds. The molecule has 0 aliphatic rings. The van der Waals surface area contributed by atoms with Crippen LogP contribution >= 0.6 is 0 Å². The maximum atomic E-state index is 13.7. The molecule has 0 spiro atoms. The molecule has 1 N–H and O–H groups in total. The lowest BCUT2D eigenvalue weighted by molar-refractivity contribution is 0.266. The van der Waals surface area contributed by atoms with E-state index in [1.165, 1.54) is 0 Å². The molecular formula is C16H13F2NO2. The Hall–Kier alpha value is -2.45. The van der Waals surface area contributed by atoms with Crippen LogP contribution in [0, 0.1) is 29.9 Å². The average molecular weight is 289 g/mol. The highest BCUT2D eigenvalue weighted by atomic mass is 19.1. The number of rotatable bonds is 4. The highest BCUT2D eigenvalue weighted by Crippen LogP contribution is 2.25. The zero-order chi connectivity index (χ0) is 15.4. The molecule has 5 heteroatoms. The Balaban J connectivity index is 2.19. The van der Waals surface area contributed by atoms with Crippen molar-refractivity contribution in [3.63, 3.8) is 0 Å². The number of nitrogens with zero attached hydrogens (tertiary/aromatic N) is 1. The van der Waals surface area contributed by atoms with Gasteiger partial charge in [0.05, 0.1) is 18.2 Å². The first-order valence-electron chi connectivity index (χ1n) is 6.26. The van der Waals surface area contributed by atoms with E-state index < -0.39 is 24.0 Å². The minimum absolute atomic E-state index is 0.0101. The minimum Gasteiger partial charge on any atom is -0.483 e. The summed E-state index contributed by atoms with van der Waals surface area (Å²) in [6, 6.07) is 9.06. The van der Waals surface area contributed by atoms with Gasteiger partial charge >= 0.3 is 0 Å². The number of hydrogen-bond donors (Lipinski definition) is 1. The van der Waals surface area contributed by atoms with E-state index >= 15 is 0 Å². The summed E-state index contributed by atoms with van der Waals surface area (Å²) >= 11 is 0. The smallest absolute Gasteiger partial charge is 0.191 e. The fourth-order valence-corrected chi connectivity index (χ4v) is 1.92. The van der Waals surface area contributed by atoms with Gasteiger partial charge in [0.15, 0.2) is 17.4 Å². The van der Waals surface area contributed by atoms with Crippen molar-refractivity contribution in [2.24, 2.45) is 0 Å². The predicted octanol–water partition coefficient (Wildman–Crippen LogP) is 3.22. The maximum Gasteiger partial charge on any atom is 0.191 e. The third-order valence-corrected chi connectivity index (χ3v) is 3.08. The number of ether oxygens (including phenoxy) is 1. The van der Waals surface area contributed by atoms with Gasteiger partial charge in [-0.1, -0.05) is 6.07 Å². The number of halogens is 2. The molecule has 0 saturated heterocycles. The summed E-state index contributed by atoms with van der Waals surface area (Å²) in [5, 5.41) is 17.7. The van der Waals surface area contributed by atoms with Gasteiger partial charge in [0.25, 0.3) is 0 Å². The van der Waals surface area contributed by atoms with Gasteiger partial charge in [-0.25, -0.2) is 8.78 Å². The SMILES string of the molecule is Cc1cc(C#N)ccc1COc1c(F)cc(CO)cc1F. The molecule has 108 valence electrons. The lowest BCUT2D eigenvalue weighted by atomic mass is 10.1. The molecule has 2 aromatic carbocycles. The normalized spacial score (nSPS) is 10.2. The first kappa shape index (κ1) is 14.9. The van der Waals surface area contributed by atoms with Crippen molar-refractivity contribution < 1.29 is 18.6 Å². The largest absolute Gasteiger partial charge is 0.483 e. The predicted molar refractivity (Wildman–Crippen MR) is 72.5 cm³/mol. The van der Waals surface area contributed by atoms with E-state index in [1.807, 2.05) is 6.07 Å². The Morgan fingerprint density at radius 3 is 2.38 bits per heavy atom. The number of benzene rings is 2. The molecule has 2 rings (SSSR count). The first-order chi connectivity index (χ1) is 10.0. The van der Waals surface area contributed by atoms with Gasteiger partial charge in [0.2, 0.25) is 0 Å². The molecular weight excluding hydrogens is 276 g/mol. The molecule has 0 bridgehead atoms. The van der Waals surface area contributed by atoms with Crippen molar-refractivity contribution in [1.29, 1.82) is 5.26 Å². The molecule has 0 aliphatic heterocycles. The molecule has 0 saturated carbocycles. The van der Waals surface area contributed by atoms with Crippen molar-refractivity contribution in [3.05, 3.63) is 64.2 Å². The molecule has 21 heavy (non-hydrogen) atoms. The molecule has 0 aliphatic carbocycles. The standard InChI is InChI=1S/C16H13F2NO2/c1-10-4-11(7-19)2-3-13(10)9-21-16-14(17)5-12(8-20)6-15(16)18/h2-6,20H,8-9H2,1H3. The quantitative estimate of drug-likeness (QED) is 0.940. The highest BCUT2D eigenvalue weighted by Gasteiger charge is 2.13. The van der Waals surface area contributed by atoms with E-state index in [-0.39, 0.29) is 12.2 Å². The number of hydrogen-bond acceptors (Lipinski definition) is 3. The summed E-state index contributed by atoms with van der Waals surface area (Å²) in [7, 11) is 0. The van der Waals surface area contributed by atoms with E-state index in [1.54, 1.807) is 25.1 Å². The van der Waals surface area contributed by atoms with Crippen molar-refractivity contribution in [3.8, 4) is 11.8 Å². The van der Waals surface area contributed by atoms with Crippen LogP contribution in [0.15, 0.2) is 30.3 Å². The molecule has 3 nitrogen and oxygen atoms in total.